The van der Waals surface area contributed by atoms with Gasteiger partial charge in [0.2, 0.25) is 11.0 Å². The fourth-order valence-corrected chi connectivity index (χ4v) is 11.5. The normalized spacial score (nSPS) is 18.1. The first kappa shape index (κ1) is 67.7. The number of thioether (sulfide) groups is 1. The second-order valence-electron chi connectivity index (χ2n) is 18.6. The van der Waals surface area contributed by atoms with Gasteiger partial charge in [0.25, 0.3) is 5.91 Å². The molecule has 1 unspecified atom stereocenters. The second kappa shape index (κ2) is 34.1. The summed E-state index contributed by atoms with van der Waals surface area (Å²) in [5, 5.41) is 37.1. The highest BCUT2D eigenvalue weighted by Crippen LogP contribution is 2.55. The number of fused-ring (bicyclic) bond motifs is 1. The standard InChI is InChI=1S/C49H65ClF3N9O20P2S/c50-49-56-45(37-25-54-62(46(37)57-49)48-43(65)42(64)40(81-48)30-80-84(70,71)31-83(67,68)69)60-26-34(27-60)55-47(66)32-1-3-36(4-2-32)85-22-21-78-18-17-76-15-16-77-19-20-79-29-35-28-61(59-58-35)6-8-73-10-12-75-14-13-74-11-9-72-7-5-41(63)82-44-38(52)23-33(51)24-39(44)53/h1-4,23-25,28,34,40,42-43,48,64-65H,5-22,26-27,29-31H2,(H,55,66)(H,70,71)(H2,67,68,69)/t40-,42-,43-,48-/m1/s1. The minimum atomic E-state index is -4.90. The molecule has 29 nitrogen and oxygen atoms in total. The number of carbonyl (C=O) groups excluding carboxylic acids is 2. The molecule has 0 saturated carbocycles. The average Bonchev–Trinajstić information content (AvgIpc) is 1.78. The van der Waals surface area contributed by atoms with E-state index in [1.54, 1.807) is 34.8 Å². The molecule has 85 heavy (non-hydrogen) atoms. The number of benzene rings is 2. The molecule has 0 aliphatic carbocycles. The number of hydrogen-bond acceptors (Lipinski definition) is 24. The van der Waals surface area contributed by atoms with Crippen LogP contribution in [-0.2, 0) is 74.2 Å². The maximum Gasteiger partial charge on any atom is 0.340 e. The van der Waals surface area contributed by atoms with E-state index in [9.17, 15) is 47.0 Å². The predicted octanol–water partition coefficient (Wildman–Crippen LogP) is 2.48. The summed E-state index contributed by atoms with van der Waals surface area (Å²) < 4.78 is 125. The molecule has 0 radical (unpaired) electrons. The van der Waals surface area contributed by atoms with Crippen LogP contribution < -0.4 is 15.0 Å². The van der Waals surface area contributed by atoms with Gasteiger partial charge in [0.15, 0.2) is 29.4 Å². The van der Waals surface area contributed by atoms with Crippen LogP contribution in [0.1, 0.15) is 28.7 Å². The zero-order valence-corrected chi connectivity index (χ0v) is 48.9. The highest BCUT2D eigenvalue weighted by atomic mass is 35.5. The number of halogens is 4. The number of amides is 1. The molecule has 0 bridgehead atoms. The quantitative estimate of drug-likeness (QED) is 0.00819. The molecule has 2 aliphatic heterocycles. The molecule has 3 aromatic heterocycles. The van der Waals surface area contributed by atoms with Crippen LogP contribution in [0.25, 0.3) is 11.0 Å². The monoisotopic (exact) mass is 1290 g/mol. The average molecular weight is 1290 g/mol. The number of nitrogens with zero attached hydrogens (tertiary/aromatic N) is 8. The van der Waals surface area contributed by atoms with Crippen molar-refractivity contribution >= 4 is 67.3 Å². The van der Waals surface area contributed by atoms with Crippen LogP contribution in [0, 0.1) is 17.5 Å². The summed E-state index contributed by atoms with van der Waals surface area (Å²) in [6.07, 6.45) is -3.08. The molecule has 2 saturated heterocycles. The molecule has 1 amide bonds. The number of hydrogen-bond donors (Lipinski definition) is 6. The number of rotatable bonds is 40. The van der Waals surface area contributed by atoms with Gasteiger partial charge in [-0.05, 0) is 35.9 Å². The van der Waals surface area contributed by atoms with Crippen LogP contribution in [0.3, 0.4) is 0 Å². The molecule has 5 aromatic rings. The first-order valence-corrected chi connectivity index (χ1v) is 31.3. The molecular formula is C49H65ClF3N9O20P2S. The van der Waals surface area contributed by atoms with Crippen molar-refractivity contribution in [2.75, 3.05) is 135 Å². The van der Waals surface area contributed by atoms with E-state index in [0.29, 0.717) is 139 Å². The number of esters is 1. The highest BCUT2D eigenvalue weighted by molar-refractivity contribution is 7.99. The second-order valence-corrected chi connectivity index (χ2v) is 24.1. The summed E-state index contributed by atoms with van der Waals surface area (Å²) in [5.74, 6) is -6.27. The number of nitrogens with one attached hydrogen (secondary N) is 1. The van der Waals surface area contributed by atoms with E-state index in [2.05, 4.69) is 35.4 Å². The van der Waals surface area contributed by atoms with E-state index in [-0.39, 0.29) is 55.7 Å². The molecule has 5 atom stereocenters. The van der Waals surface area contributed by atoms with Gasteiger partial charge >= 0.3 is 21.2 Å². The molecular weight excluding hydrogens is 1220 g/mol. The summed E-state index contributed by atoms with van der Waals surface area (Å²) in [6.45, 7) is 5.69. The lowest BCUT2D eigenvalue weighted by atomic mass is 10.1. The lowest BCUT2D eigenvalue weighted by Gasteiger charge is -2.40. The van der Waals surface area contributed by atoms with Gasteiger partial charge in [0.05, 0.1) is 149 Å². The number of aliphatic hydroxyl groups is 2. The molecule has 2 aromatic carbocycles. The molecule has 36 heteroatoms. The van der Waals surface area contributed by atoms with Crippen molar-refractivity contribution in [1.29, 1.82) is 0 Å². The number of carbonyl (C=O) groups is 2. The Balaban J connectivity index is 0.635. The number of aromatic nitrogens is 7. The third-order valence-electron chi connectivity index (χ3n) is 12.1. The Labute approximate surface area is 493 Å². The summed E-state index contributed by atoms with van der Waals surface area (Å²) in [6, 6.07) is 7.81. The largest absolute Gasteiger partial charge is 0.420 e. The van der Waals surface area contributed by atoms with Gasteiger partial charge in [0.1, 0.15) is 35.6 Å². The van der Waals surface area contributed by atoms with Crippen molar-refractivity contribution in [3.05, 3.63) is 82.8 Å². The Morgan fingerprint density at radius 1 is 0.776 bits per heavy atom. The Morgan fingerprint density at radius 2 is 1.36 bits per heavy atom. The Kier molecular flexibility index (Phi) is 27.1. The number of anilines is 1. The van der Waals surface area contributed by atoms with Crippen LogP contribution >= 0.6 is 38.6 Å². The molecule has 6 N–H and O–H groups in total. The summed E-state index contributed by atoms with van der Waals surface area (Å²) >= 11 is 7.87. The van der Waals surface area contributed by atoms with Gasteiger partial charge in [-0.3, -0.25) is 18.7 Å². The van der Waals surface area contributed by atoms with Gasteiger partial charge < -0.3 is 87.0 Å². The Morgan fingerprint density at radius 3 is 1.99 bits per heavy atom. The van der Waals surface area contributed by atoms with Crippen LogP contribution in [0.2, 0.25) is 5.28 Å². The molecule has 7 rings (SSSR count). The minimum Gasteiger partial charge on any atom is -0.420 e. The van der Waals surface area contributed by atoms with Crippen molar-refractivity contribution in [1.82, 2.24) is 40.1 Å². The summed E-state index contributed by atoms with van der Waals surface area (Å²) in [4.78, 5) is 64.2. The van der Waals surface area contributed by atoms with Crippen LogP contribution in [0.4, 0.5) is 19.0 Å². The third kappa shape index (κ3) is 22.4. The van der Waals surface area contributed by atoms with Crippen molar-refractivity contribution in [2.24, 2.45) is 0 Å². The van der Waals surface area contributed by atoms with E-state index < -0.39 is 81.4 Å². The Hall–Kier alpha value is -4.84. The highest BCUT2D eigenvalue weighted by Gasteiger charge is 2.46. The smallest absolute Gasteiger partial charge is 0.340 e. The zero-order valence-electron chi connectivity index (χ0n) is 45.5. The third-order valence-corrected chi connectivity index (χ3v) is 16.7. The van der Waals surface area contributed by atoms with Crippen LogP contribution in [0.5, 0.6) is 5.75 Å². The van der Waals surface area contributed by atoms with Gasteiger partial charge in [-0.15, -0.1) is 16.9 Å². The molecule has 2 fully saturated rings. The van der Waals surface area contributed by atoms with Gasteiger partial charge in [0, 0.05) is 41.4 Å². The number of aliphatic hydroxyl groups excluding tert-OH is 2. The lowest BCUT2D eigenvalue weighted by Crippen LogP contribution is -2.59. The van der Waals surface area contributed by atoms with Crippen LogP contribution in [0.15, 0.2) is 53.7 Å². The van der Waals surface area contributed by atoms with Crippen LogP contribution in [-0.4, -0.2) is 226 Å². The molecule has 470 valence electrons. The van der Waals surface area contributed by atoms with E-state index in [4.69, 9.17) is 68.5 Å². The molecule has 0 spiro atoms. The van der Waals surface area contributed by atoms with Crippen molar-refractivity contribution in [3.63, 3.8) is 0 Å². The summed E-state index contributed by atoms with van der Waals surface area (Å²) in [7, 11) is -9.67. The van der Waals surface area contributed by atoms with E-state index in [1.165, 1.54) is 6.20 Å². The maximum absolute atomic E-state index is 13.6. The Bertz CT molecular complexity index is 2990. The fraction of sp³-hybridized carbons (Fsp3) is 0.571. The van der Waals surface area contributed by atoms with Crippen molar-refractivity contribution in [2.45, 2.75) is 55.0 Å². The van der Waals surface area contributed by atoms with Crippen molar-refractivity contribution < 1.29 is 109 Å². The maximum atomic E-state index is 13.6. The topological polar surface area (TPSA) is 361 Å². The first-order chi connectivity index (χ1) is 40.8. The fourth-order valence-electron chi connectivity index (χ4n) is 7.99. The zero-order chi connectivity index (χ0) is 60.8. The SMILES string of the molecule is O=C(CCOCCOCCOCCOCCn1cc(COCCOCCOCCOCCSc2ccc(C(=O)NC3CN(c4nc(Cl)nc5c4cnn5[C@@H]4O[C@H](COP(=O)(O)CP(=O)(O)O)[C@@H](O)[C@H]4O)C3)cc2)nn1)Oc1c(F)cc(F)cc1F. The predicted molar refractivity (Wildman–Crippen MR) is 292 cm³/mol. The minimum absolute atomic E-state index is 0.0617. The number of ether oxygens (including phenoxy) is 10. The molecule has 5 heterocycles. The molecule has 2 aliphatic rings. The lowest BCUT2D eigenvalue weighted by molar-refractivity contribution is -0.136. The van der Waals surface area contributed by atoms with E-state index >= 15 is 0 Å². The van der Waals surface area contributed by atoms with E-state index in [1.807, 2.05) is 17.0 Å². The van der Waals surface area contributed by atoms with Gasteiger partial charge in [-0.25, -0.2) is 22.5 Å². The van der Waals surface area contributed by atoms with Crippen molar-refractivity contribution in [3.8, 4) is 5.75 Å². The van der Waals surface area contributed by atoms with Gasteiger partial charge in [-0.2, -0.15) is 15.1 Å². The van der Waals surface area contributed by atoms with Gasteiger partial charge in [-0.1, -0.05) is 5.21 Å². The van der Waals surface area contributed by atoms with E-state index in [0.717, 1.165) is 9.58 Å². The first-order valence-electron chi connectivity index (χ1n) is 26.4. The summed E-state index contributed by atoms with van der Waals surface area (Å²) in [5.41, 5.74) is 1.28.